The lowest BCUT2D eigenvalue weighted by atomic mass is 9.82. The molecule has 122 valence electrons. The van der Waals surface area contributed by atoms with Crippen LogP contribution in [0.1, 0.15) is 22.6 Å². The lowest BCUT2D eigenvalue weighted by Gasteiger charge is -2.30. The van der Waals surface area contributed by atoms with Gasteiger partial charge in [0.25, 0.3) is 0 Å². The Balaban J connectivity index is 2.18. The maximum absolute atomic E-state index is 10.3. The van der Waals surface area contributed by atoms with Crippen molar-refractivity contribution in [3.8, 4) is 11.5 Å². The number of phenolic OH excluding ortho intramolecular Hbond substituents is 2. The standard InChI is InChI=1S/C19H19N3O2/c1-13-5-4-7-18(22-13)19(20,12-14-6-2-3-10-21-14)16-11-15(23)8-9-17(16)24/h2-11,23-24H,12,20H2,1H3. The van der Waals surface area contributed by atoms with E-state index in [4.69, 9.17) is 5.73 Å². The molecule has 0 aliphatic rings. The van der Waals surface area contributed by atoms with Crippen LogP contribution in [0.4, 0.5) is 0 Å². The highest BCUT2D eigenvalue weighted by Crippen LogP contribution is 2.36. The first-order chi connectivity index (χ1) is 11.5. The summed E-state index contributed by atoms with van der Waals surface area (Å²) in [6.07, 6.45) is 2.03. The highest BCUT2D eigenvalue weighted by molar-refractivity contribution is 5.48. The number of hydrogen-bond acceptors (Lipinski definition) is 5. The smallest absolute Gasteiger partial charge is 0.121 e. The maximum atomic E-state index is 10.3. The highest BCUT2D eigenvalue weighted by atomic mass is 16.3. The molecule has 2 aromatic heterocycles. The predicted octanol–water partition coefficient (Wildman–Crippen LogP) is 2.64. The van der Waals surface area contributed by atoms with Gasteiger partial charge in [-0.15, -0.1) is 0 Å². The van der Waals surface area contributed by atoms with Crippen molar-refractivity contribution in [1.82, 2.24) is 9.97 Å². The summed E-state index contributed by atoms with van der Waals surface area (Å²) in [5.41, 5.74) is 8.22. The molecule has 1 atom stereocenters. The van der Waals surface area contributed by atoms with Crippen molar-refractivity contribution >= 4 is 0 Å². The van der Waals surface area contributed by atoms with E-state index in [-0.39, 0.29) is 11.5 Å². The summed E-state index contributed by atoms with van der Waals surface area (Å²) in [7, 11) is 0. The Hall–Kier alpha value is -2.92. The average Bonchev–Trinajstić information content (AvgIpc) is 2.58. The first-order valence-corrected chi connectivity index (χ1v) is 7.64. The Kier molecular flexibility index (Phi) is 4.18. The third kappa shape index (κ3) is 3.07. The summed E-state index contributed by atoms with van der Waals surface area (Å²) in [6.45, 7) is 1.88. The van der Waals surface area contributed by atoms with E-state index in [0.717, 1.165) is 11.4 Å². The number of nitrogens with two attached hydrogens (primary N) is 1. The number of benzene rings is 1. The Morgan fingerprint density at radius 1 is 1.04 bits per heavy atom. The zero-order valence-electron chi connectivity index (χ0n) is 13.3. The molecule has 3 aromatic rings. The van der Waals surface area contributed by atoms with Crippen LogP contribution in [0, 0.1) is 6.92 Å². The van der Waals surface area contributed by atoms with Crippen LogP contribution >= 0.6 is 0 Å². The zero-order valence-corrected chi connectivity index (χ0v) is 13.3. The molecule has 1 unspecified atom stereocenters. The van der Waals surface area contributed by atoms with Crippen molar-refractivity contribution in [1.29, 1.82) is 0 Å². The summed E-state index contributed by atoms with van der Waals surface area (Å²) in [6, 6.07) is 15.5. The minimum absolute atomic E-state index is 0.00883. The molecule has 0 saturated carbocycles. The summed E-state index contributed by atoms with van der Waals surface area (Å²) in [5, 5.41) is 20.2. The summed E-state index contributed by atoms with van der Waals surface area (Å²) >= 11 is 0. The summed E-state index contributed by atoms with van der Waals surface area (Å²) in [5.74, 6) is 0.0424. The molecule has 0 radical (unpaired) electrons. The molecule has 0 aliphatic carbocycles. The van der Waals surface area contributed by atoms with Crippen LogP contribution in [0.5, 0.6) is 11.5 Å². The fourth-order valence-corrected chi connectivity index (χ4v) is 2.78. The zero-order chi connectivity index (χ0) is 17.2. The van der Waals surface area contributed by atoms with Gasteiger partial charge in [0.1, 0.15) is 11.5 Å². The minimum atomic E-state index is -1.12. The fourth-order valence-electron chi connectivity index (χ4n) is 2.78. The van der Waals surface area contributed by atoms with Gasteiger partial charge in [0.15, 0.2) is 0 Å². The number of aromatic nitrogens is 2. The second-order valence-corrected chi connectivity index (χ2v) is 5.83. The second-order valence-electron chi connectivity index (χ2n) is 5.83. The predicted molar refractivity (Wildman–Crippen MR) is 91.7 cm³/mol. The third-order valence-electron chi connectivity index (χ3n) is 3.99. The Morgan fingerprint density at radius 2 is 1.88 bits per heavy atom. The molecule has 0 aliphatic heterocycles. The van der Waals surface area contributed by atoms with Gasteiger partial charge in [-0.3, -0.25) is 9.97 Å². The maximum Gasteiger partial charge on any atom is 0.121 e. The number of aryl methyl sites for hydroxylation is 1. The minimum Gasteiger partial charge on any atom is -0.508 e. The Morgan fingerprint density at radius 3 is 2.58 bits per heavy atom. The quantitative estimate of drug-likeness (QED) is 0.642. The molecule has 4 N–H and O–H groups in total. The van der Waals surface area contributed by atoms with Gasteiger partial charge in [0.2, 0.25) is 0 Å². The van der Waals surface area contributed by atoms with Crippen LogP contribution in [-0.4, -0.2) is 20.2 Å². The van der Waals surface area contributed by atoms with Crippen molar-refractivity contribution in [2.75, 3.05) is 0 Å². The Labute approximate surface area is 140 Å². The number of hydrogen-bond donors (Lipinski definition) is 3. The van der Waals surface area contributed by atoms with Gasteiger partial charge in [0, 0.05) is 29.6 Å². The summed E-state index contributed by atoms with van der Waals surface area (Å²) in [4.78, 5) is 8.88. The first-order valence-electron chi connectivity index (χ1n) is 7.64. The van der Waals surface area contributed by atoms with Gasteiger partial charge in [-0.05, 0) is 49.4 Å². The SMILES string of the molecule is Cc1cccc(C(N)(Cc2ccccn2)c2cc(O)ccc2O)n1. The Bertz CT molecular complexity index is 852. The number of aromatic hydroxyl groups is 2. The molecule has 0 saturated heterocycles. The van der Waals surface area contributed by atoms with Crippen LogP contribution in [0.25, 0.3) is 0 Å². The van der Waals surface area contributed by atoms with Crippen LogP contribution < -0.4 is 5.73 Å². The third-order valence-corrected chi connectivity index (χ3v) is 3.99. The molecule has 0 spiro atoms. The van der Waals surface area contributed by atoms with E-state index >= 15 is 0 Å². The molecule has 24 heavy (non-hydrogen) atoms. The molecule has 0 fully saturated rings. The van der Waals surface area contributed by atoms with Gasteiger partial charge in [-0.1, -0.05) is 12.1 Å². The van der Waals surface area contributed by atoms with Gasteiger partial charge >= 0.3 is 0 Å². The molecular formula is C19H19N3O2. The van der Waals surface area contributed by atoms with Crippen LogP contribution in [0.15, 0.2) is 60.8 Å². The van der Waals surface area contributed by atoms with Crippen molar-refractivity contribution in [3.63, 3.8) is 0 Å². The molecule has 0 amide bonds. The van der Waals surface area contributed by atoms with Gasteiger partial charge in [0.05, 0.1) is 11.2 Å². The van der Waals surface area contributed by atoms with E-state index in [1.807, 2.05) is 43.3 Å². The lowest BCUT2D eigenvalue weighted by Crippen LogP contribution is -2.41. The average molecular weight is 321 g/mol. The van der Waals surface area contributed by atoms with Crippen molar-refractivity contribution in [2.24, 2.45) is 5.73 Å². The number of phenols is 2. The van der Waals surface area contributed by atoms with Crippen LogP contribution in [0.3, 0.4) is 0 Å². The van der Waals surface area contributed by atoms with Crippen LogP contribution in [0.2, 0.25) is 0 Å². The first kappa shape index (κ1) is 16.0. The fraction of sp³-hybridized carbons (Fsp3) is 0.158. The van der Waals surface area contributed by atoms with E-state index in [1.165, 1.54) is 18.2 Å². The van der Waals surface area contributed by atoms with E-state index in [9.17, 15) is 10.2 Å². The van der Waals surface area contributed by atoms with E-state index < -0.39 is 5.54 Å². The summed E-state index contributed by atoms with van der Waals surface area (Å²) < 4.78 is 0. The highest BCUT2D eigenvalue weighted by Gasteiger charge is 2.35. The molecular weight excluding hydrogens is 302 g/mol. The molecule has 1 aromatic carbocycles. The lowest BCUT2D eigenvalue weighted by molar-refractivity contribution is 0.422. The van der Waals surface area contributed by atoms with Gasteiger partial charge in [-0.2, -0.15) is 0 Å². The molecule has 0 bridgehead atoms. The monoisotopic (exact) mass is 321 g/mol. The molecule has 3 rings (SSSR count). The molecule has 5 heteroatoms. The van der Waals surface area contributed by atoms with E-state index in [1.54, 1.807) is 6.20 Å². The van der Waals surface area contributed by atoms with Crippen LogP contribution in [-0.2, 0) is 12.0 Å². The van der Waals surface area contributed by atoms with E-state index in [2.05, 4.69) is 9.97 Å². The van der Waals surface area contributed by atoms with Gasteiger partial charge in [-0.25, -0.2) is 0 Å². The van der Waals surface area contributed by atoms with E-state index in [0.29, 0.717) is 17.7 Å². The van der Waals surface area contributed by atoms with Crippen molar-refractivity contribution in [2.45, 2.75) is 18.9 Å². The molecule has 2 heterocycles. The van der Waals surface area contributed by atoms with Crippen molar-refractivity contribution in [3.05, 3.63) is 83.4 Å². The number of nitrogens with zero attached hydrogens (tertiary/aromatic N) is 2. The van der Waals surface area contributed by atoms with Crippen molar-refractivity contribution < 1.29 is 10.2 Å². The second kappa shape index (κ2) is 6.29. The largest absolute Gasteiger partial charge is 0.508 e. The van der Waals surface area contributed by atoms with Gasteiger partial charge < -0.3 is 15.9 Å². The number of pyridine rings is 2. The normalized spacial score (nSPS) is 13.4. The molecule has 5 nitrogen and oxygen atoms in total. The number of rotatable bonds is 4. The topological polar surface area (TPSA) is 92.3 Å².